The van der Waals surface area contributed by atoms with E-state index in [1.54, 1.807) is 0 Å². The quantitative estimate of drug-likeness (QED) is 0.762. The van der Waals surface area contributed by atoms with Crippen LogP contribution in [0.15, 0.2) is 48.5 Å². The molecule has 2 bridgehead atoms. The summed E-state index contributed by atoms with van der Waals surface area (Å²) in [6.45, 7) is 0. The molecule has 3 unspecified atom stereocenters. The molecule has 0 aliphatic carbocycles. The van der Waals surface area contributed by atoms with Gasteiger partial charge in [-0.25, -0.2) is 0 Å². The zero-order valence-electron chi connectivity index (χ0n) is 11.4. The molecule has 3 atom stereocenters. The van der Waals surface area contributed by atoms with Crippen LogP contribution in [0.1, 0.15) is 31.2 Å². The molecule has 2 heterocycles. The van der Waals surface area contributed by atoms with Crippen molar-refractivity contribution >= 4 is 27.1 Å². The lowest BCUT2D eigenvalue weighted by Gasteiger charge is -2.33. The Hall–Kier alpha value is -1.41. The highest BCUT2D eigenvalue weighted by atomic mass is 32.2. The van der Waals surface area contributed by atoms with Crippen molar-refractivity contribution in [1.82, 2.24) is 0 Å². The van der Waals surface area contributed by atoms with Crippen LogP contribution in [0.2, 0.25) is 0 Å². The molecule has 1 nitrogen and oxygen atoms in total. The van der Waals surface area contributed by atoms with Gasteiger partial charge in [0.1, 0.15) is 0 Å². The lowest BCUT2D eigenvalue weighted by Crippen LogP contribution is -2.33. The summed E-state index contributed by atoms with van der Waals surface area (Å²) in [7, 11) is -0.641. The van der Waals surface area contributed by atoms with E-state index < -0.39 is 10.8 Å². The summed E-state index contributed by atoms with van der Waals surface area (Å²) >= 11 is 0. The summed E-state index contributed by atoms with van der Waals surface area (Å²) in [5.74, 6) is 0. The Bertz CT molecular complexity index is 711. The summed E-state index contributed by atoms with van der Waals surface area (Å²) in [5, 5.41) is 3.29. The Morgan fingerprint density at radius 1 is 1.00 bits per heavy atom. The van der Waals surface area contributed by atoms with E-state index >= 15 is 0 Å². The van der Waals surface area contributed by atoms with E-state index in [1.165, 1.54) is 28.3 Å². The van der Waals surface area contributed by atoms with Crippen molar-refractivity contribution in [2.24, 2.45) is 0 Å². The van der Waals surface area contributed by atoms with Gasteiger partial charge < -0.3 is 0 Å². The van der Waals surface area contributed by atoms with E-state index in [9.17, 15) is 4.21 Å². The zero-order chi connectivity index (χ0) is 13.5. The molecule has 0 saturated carbocycles. The molecular weight excluding hydrogens is 264 g/mol. The van der Waals surface area contributed by atoms with Gasteiger partial charge in [0.2, 0.25) is 0 Å². The van der Waals surface area contributed by atoms with Gasteiger partial charge in [0.15, 0.2) is 0 Å². The Balaban J connectivity index is 1.86. The molecule has 0 amide bonds. The summed E-state index contributed by atoms with van der Waals surface area (Å²) in [6.07, 6.45) is 6.74. The minimum Gasteiger partial charge on any atom is -0.259 e. The van der Waals surface area contributed by atoms with Gasteiger partial charge in [0, 0.05) is 16.0 Å². The standard InChI is InChI=1S/C18H18OS/c19-20-15-7-4-8-16(20)12-14(11-15)18-10-3-6-13-5-1-2-9-17(13)18/h1-3,5-6,9-11,15-16H,4,7-8,12H2. The molecule has 20 heavy (non-hydrogen) atoms. The molecule has 2 aromatic carbocycles. The highest BCUT2D eigenvalue weighted by molar-refractivity contribution is 7.86. The molecule has 0 radical (unpaired) electrons. The molecule has 2 aromatic rings. The fourth-order valence-electron chi connectivity index (χ4n) is 3.60. The Kier molecular flexibility index (Phi) is 2.99. The average Bonchev–Trinajstić information content (AvgIpc) is 2.46. The van der Waals surface area contributed by atoms with Gasteiger partial charge in [-0.3, -0.25) is 4.21 Å². The van der Waals surface area contributed by atoms with Crippen LogP contribution in [0.5, 0.6) is 0 Å². The van der Waals surface area contributed by atoms with Crippen molar-refractivity contribution in [3.8, 4) is 0 Å². The maximum absolute atomic E-state index is 12.3. The van der Waals surface area contributed by atoms with E-state index in [0.717, 1.165) is 19.3 Å². The van der Waals surface area contributed by atoms with E-state index in [2.05, 4.69) is 48.5 Å². The molecule has 102 valence electrons. The molecule has 2 aliphatic heterocycles. The summed E-state index contributed by atoms with van der Waals surface area (Å²) < 4.78 is 12.3. The van der Waals surface area contributed by atoms with Crippen LogP contribution in [-0.4, -0.2) is 14.7 Å². The minimum atomic E-state index is -0.641. The van der Waals surface area contributed by atoms with Crippen molar-refractivity contribution in [1.29, 1.82) is 0 Å². The predicted molar refractivity (Wildman–Crippen MR) is 86.1 cm³/mol. The fourth-order valence-corrected chi connectivity index (χ4v) is 5.54. The van der Waals surface area contributed by atoms with Gasteiger partial charge in [0.25, 0.3) is 0 Å². The van der Waals surface area contributed by atoms with Crippen molar-refractivity contribution in [2.75, 3.05) is 0 Å². The first-order chi connectivity index (χ1) is 9.83. The normalized spacial score (nSPS) is 29.2. The first kappa shape index (κ1) is 12.3. The maximum Gasteiger partial charge on any atom is 0.0536 e. The fraction of sp³-hybridized carbons (Fsp3) is 0.333. The predicted octanol–water partition coefficient (Wildman–Crippen LogP) is 4.30. The monoisotopic (exact) mass is 282 g/mol. The van der Waals surface area contributed by atoms with Gasteiger partial charge >= 0.3 is 0 Å². The van der Waals surface area contributed by atoms with Crippen LogP contribution < -0.4 is 0 Å². The first-order valence-electron chi connectivity index (χ1n) is 7.41. The maximum atomic E-state index is 12.3. The molecule has 2 heteroatoms. The van der Waals surface area contributed by atoms with E-state index in [1.807, 2.05) is 0 Å². The number of rotatable bonds is 1. The molecule has 0 spiro atoms. The minimum absolute atomic E-state index is 0.288. The molecular formula is C18H18OS. The van der Waals surface area contributed by atoms with Gasteiger partial charge in [-0.05, 0) is 41.2 Å². The van der Waals surface area contributed by atoms with Crippen molar-refractivity contribution in [3.63, 3.8) is 0 Å². The number of fused-ring (bicyclic) bond motifs is 3. The lowest BCUT2D eigenvalue weighted by atomic mass is 9.90. The van der Waals surface area contributed by atoms with Gasteiger partial charge in [-0.1, -0.05) is 55.0 Å². The van der Waals surface area contributed by atoms with Crippen molar-refractivity contribution in [3.05, 3.63) is 54.1 Å². The van der Waals surface area contributed by atoms with Crippen LogP contribution in [0.3, 0.4) is 0 Å². The lowest BCUT2D eigenvalue weighted by molar-refractivity contribution is 0.579. The van der Waals surface area contributed by atoms with E-state index in [0.29, 0.717) is 5.25 Å². The number of allylic oxidation sites excluding steroid dienone is 1. The molecule has 2 aliphatic rings. The highest BCUT2D eigenvalue weighted by Crippen LogP contribution is 2.38. The van der Waals surface area contributed by atoms with Crippen molar-refractivity contribution < 1.29 is 4.21 Å². The third-order valence-corrected chi connectivity index (χ3v) is 6.64. The number of hydrogen-bond donors (Lipinski definition) is 0. The summed E-state index contributed by atoms with van der Waals surface area (Å²) in [5.41, 5.74) is 2.76. The smallest absolute Gasteiger partial charge is 0.0536 e. The molecule has 1 fully saturated rings. The SMILES string of the molecule is O=S1C2C=C(c3cccc4ccccc34)CC1CCC2. The second-order valence-corrected chi connectivity index (χ2v) is 7.77. The number of benzene rings is 2. The molecule has 1 saturated heterocycles. The van der Waals surface area contributed by atoms with E-state index in [-0.39, 0.29) is 5.25 Å². The van der Waals surface area contributed by atoms with Gasteiger partial charge in [-0.15, -0.1) is 0 Å². The van der Waals surface area contributed by atoms with Crippen LogP contribution >= 0.6 is 0 Å². The second-order valence-electron chi connectivity index (χ2n) is 5.84. The summed E-state index contributed by atoms with van der Waals surface area (Å²) in [6, 6.07) is 15.1. The van der Waals surface area contributed by atoms with Crippen LogP contribution in [-0.2, 0) is 10.8 Å². The molecule has 0 aromatic heterocycles. The van der Waals surface area contributed by atoms with E-state index in [4.69, 9.17) is 0 Å². The topological polar surface area (TPSA) is 17.1 Å². The summed E-state index contributed by atoms with van der Waals surface area (Å²) in [4.78, 5) is 0. The third-order valence-electron chi connectivity index (χ3n) is 4.61. The van der Waals surface area contributed by atoms with Crippen LogP contribution in [0.25, 0.3) is 16.3 Å². The van der Waals surface area contributed by atoms with Crippen molar-refractivity contribution in [2.45, 2.75) is 36.2 Å². The average molecular weight is 282 g/mol. The van der Waals surface area contributed by atoms with Gasteiger partial charge in [-0.2, -0.15) is 0 Å². The second kappa shape index (κ2) is 4.85. The largest absolute Gasteiger partial charge is 0.259 e. The first-order valence-corrected chi connectivity index (χ1v) is 8.69. The van der Waals surface area contributed by atoms with Crippen LogP contribution in [0, 0.1) is 0 Å². The Morgan fingerprint density at radius 3 is 2.75 bits per heavy atom. The molecule has 4 rings (SSSR count). The van der Waals surface area contributed by atoms with Crippen LogP contribution in [0.4, 0.5) is 0 Å². The third kappa shape index (κ3) is 1.94. The highest BCUT2D eigenvalue weighted by Gasteiger charge is 2.33. The zero-order valence-corrected chi connectivity index (χ0v) is 12.2. The Labute approximate surface area is 122 Å². The number of hydrogen-bond acceptors (Lipinski definition) is 1. The molecule has 0 N–H and O–H groups in total. The Morgan fingerprint density at radius 2 is 1.85 bits per heavy atom. The van der Waals surface area contributed by atoms with Gasteiger partial charge in [0.05, 0.1) is 5.25 Å².